The molecule has 0 aromatic carbocycles. The molecule has 2 aliphatic rings. The summed E-state index contributed by atoms with van der Waals surface area (Å²) in [5.74, 6) is 0.351. The third kappa shape index (κ3) is 1.77. The number of nitrogens with zero attached hydrogens (tertiary/aromatic N) is 1. The van der Waals surface area contributed by atoms with Crippen molar-refractivity contribution in [3.05, 3.63) is 0 Å². The summed E-state index contributed by atoms with van der Waals surface area (Å²) in [5, 5.41) is 0. The van der Waals surface area contributed by atoms with Crippen LogP contribution in [0.4, 0.5) is 0 Å². The van der Waals surface area contributed by atoms with E-state index in [2.05, 4.69) is 0 Å². The Hall–Kier alpha value is -0.610. The standard InChI is InChI=1S/C10H18N2O2/c11-6-9-3-4-12(9)10(13)8-2-1-5-14-7-8/h8-9H,1-7,11H2. The molecule has 2 saturated heterocycles. The molecule has 0 aromatic heterocycles. The fraction of sp³-hybridized carbons (Fsp3) is 0.900. The maximum Gasteiger partial charge on any atom is 0.228 e. The van der Waals surface area contributed by atoms with Crippen molar-refractivity contribution in [2.75, 3.05) is 26.3 Å². The van der Waals surface area contributed by atoms with Crippen LogP contribution < -0.4 is 5.73 Å². The van der Waals surface area contributed by atoms with E-state index >= 15 is 0 Å². The molecular formula is C10H18N2O2. The van der Waals surface area contributed by atoms with Crippen molar-refractivity contribution in [1.82, 2.24) is 4.90 Å². The largest absolute Gasteiger partial charge is 0.381 e. The van der Waals surface area contributed by atoms with Crippen LogP contribution in [0.25, 0.3) is 0 Å². The van der Waals surface area contributed by atoms with Gasteiger partial charge in [0.25, 0.3) is 0 Å². The second kappa shape index (κ2) is 4.28. The molecule has 0 bridgehead atoms. The number of hydrogen-bond donors (Lipinski definition) is 1. The van der Waals surface area contributed by atoms with Crippen LogP contribution in [0.3, 0.4) is 0 Å². The molecule has 0 aliphatic carbocycles. The van der Waals surface area contributed by atoms with Crippen molar-refractivity contribution in [2.45, 2.75) is 25.3 Å². The molecule has 0 spiro atoms. The van der Waals surface area contributed by atoms with E-state index in [0.717, 1.165) is 32.4 Å². The lowest BCUT2D eigenvalue weighted by Gasteiger charge is -2.42. The number of rotatable bonds is 2. The van der Waals surface area contributed by atoms with Gasteiger partial charge in [0.15, 0.2) is 0 Å². The molecule has 2 unspecified atom stereocenters. The van der Waals surface area contributed by atoms with Crippen LogP contribution in [0, 0.1) is 5.92 Å². The number of ether oxygens (including phenoxy) is 1. The fourth-order valence-corrected chi connectivity index (χ4v) is 2.15. The Morgan fingerprint density at radius 1 is 1.50 bits per heavy atom. The highest BCUT2D eigenvalue weighted by molar-refractivity contribution is 5.80. The lowest BCUT2D eigenvalue weighted by Crippen LogP contribution is -2.56. The van der Waals surface area contributed by atoms with Crippen LogP contribution in [-0.4, -0.2) is 43.2 Å². The molecule has 2 N–H and O–H groups in total. The highest BCUT2D eigenvalue weighted by Crippen LogP contribution is 2.23. The van der Waals surface area contributed by atoms with E-state index in [-0.39, 0.29) is 11.8 Å². The van der Waals surface area contributed by atoms with Gasteiger partial charge in [0.05, 0.1) is 12.5 Å². The zero-order valence-electron chi connectivity index (χ0n) is 8.45. The number of amides is 1. The predicted octanol–water partition coefficient (Wildman–Crippen LogP) is -0.0274. The summed E-state index contributed by atoms with van der Waals surface area (Å²) in [6, 6.07) is 0.296. The minimum absolute atomic E-state index is 0.0955. The summed E-state index contributed by atoms with van der Waals surface area (Å²) in [5.41, 5.74) is 5.57. The third-order valence-electron chi connectivity index (χ3n) is 3.21. The molecule has 2 fully saturated rings. The van der Waals surface area contributed by atoms with Gasteiger partial charge in [0.2, 0.25) is 5.91 Å². The molecule has 4 heteroatoms. The predicted molar refractivity (Wildman–Crippen MR) is 52.7 cm³/mol. The SMILES string of the molecule is NCC1CCN1C(=O)C1CCCOC1. The van der Waals surface area contributed by atoms with Crippen molar-refractivity contribution in [3.63, 3.8) is 0 Å². The second-order valence-corrected chi connectivity index (χ2v) is 4.12. The Morgan fingerprint density at radius 2 is 2.36 bits per heavy atom. The summed E-state index contributed by atoms with van der Waals surface area (Å²) >= 11 is 0. The molecule has 2 heterocycles. The van der Waals surface area contributed by atoms with Gasteiger partial charge in [-0.1, -0.05) is 0 Å². The van der Waals surface area contributed by atoms with Gasteiger partial charge in [-0.05, 0) is 19.3 Å². The zero-order chi connectivity index (χ0) is 9.97. The molecule has 4 nitrogen and oxygen atoms in total. The Labute approximate surface area is 84.4 Å². The van der Waals surface area contributed by atoms with Gasteiger partial charge in [0.1, 0.15) is 0 Å². The van der Waals surface area contributed by atoms with Gasteiger partial charge in [-0.25, -0.2) is 0 Å². The fourth-order valence-electron chi connectivity index (χ4n) is 2.15. The number of likely N-dealkylation sites (tertiary alicyclic amines) is 1. The van der Waals surface area contributed by atoms with E-state index in [1.54, 1.807) is 0 Å². The lowest BCUT2D eigenvalue weighted by molar-refractivity contribution is -0.147. The minimum Gasteiger partial charge on any atom is -0.381 e. The molecule has 0 aromatic rings. The quantitative estimate of drug-likeness (QED) is 0.678. The minimum atomic E-state index is 0.0955. The van der Waals surface area contributed by atoms with Crippen molar-refractivity contribution in [2.24, 2.45) is 11.7 Å². The van der Waals surface area contributed by atoms with Gasteiger partial charge >= 0.3 is 0 Å². The van der Waals surface area contributed by atoms with E-state index in [1.165, 1.54) is 0 Å². The summed E-state index contributed by atoms with van der Waals surface area (Å²) in [6.45, 7) is 2.90. The number of hydrogen-bond acceptors (Lipinski definition) is 3. The highest BCUT2D eigenvalue weighted by atomic mass is 16.5. The molecule has 2 rings (SSSR count). The lowest BCUT2D eigenvalue weighted by atomic mass is 9.95. The Morgan fingerprint density at radius 3 is 2.86 bits per heavy atom. The van der Waals surface area contributed by atoms with Crippen LogP contribution in [-0.2, 0) is 9.53 Å². The molecular weight excluding hydrogens is 180 g/mol. The number of carbonyl (C=O) groups excluding carboxylic acids is 1. The topological polar surface area (TPSA) is 55.6 Å². The first-order valence-electron chi connectivity index (χ1n) is 5.41. The van der Waals surface area contributed by atoms with Crippen LogP contribution in [0.5, 0.6) is 0 Å². The Balaban J connectivity index is 1.87. The first kappa shape index (κ1) is 9.93. The average Bonchev–Trinajstić information content (AvgIpc) is 2.18. The van der Waals surface area contributed by atoms with Crippen molar-refractivity contribution in [3.8, 4) is 0 Å². The smallest absolute Gasteiger partial charge is 0.228 e. The molecule has 0 radical (unpaired) electrons. The molecule has 1 amide bonds. The molecule has 2 atom stereocenters. The average molecular weight is 198 g/mol. The van der Waals surface area contributed by atoms with Crippen LogP contribution in [0.1, 0.15) is 19.3 Å². The molecule has 14 heavy (non-hydrogen) atoms. The molecule has 0 saturated carbocycles. The monoisotopic (exact) mass is 198 g/mol. The van der Waals surface area contributed by atoms with Gasteiger partial charge < -0.3 is 15.4 Å². The molecule has 2 aliphatic heterocycles. The molecule has 80 valence electrons. The summed E-state index contributed by atoms with van der Waals surface area (Å²) in [6.07, 6.45) is 3.06. The third-order valence-corrected chi connectivity index (χ3v) is 3.21. The van der Waals surface area contributed by atoms with Crippen molar-refractivity contribution < 1.29 is 9.53 Å². The summed E-state index contributed by atoms with van der Waals surface area (Å²) in [7, 11) is 0. The Kier molecular flexibility index (Phi) is 3.03. The first-order chi connectivity index (χ1) is 6.83. The van der Waals surface area contributed by atoms with Crippen LogP contribution >= 0.6 is 0 Å². The van der Waals surface area contributed by atoms with E-state index < -0.39 is 0 Å². The van der Waals surface area contributed by atoms with Crippen LogP contribution in [0.15, 0.2) is 0 Å². The summed E-state index contributed by atoms with van der Waals surface area (Å²) in [4.78, 5) is 13.9. The number of nitrogens with two attached hydrogens (primary N) is 1. The van der Waals surface area contributed by atoms with Gasteiger partial charge in [0, 0.05) is 25.7 Å². The maximum atomic E-state index is 11.9. The number of carbonyl (C=O) groups is 1. The Bertz CT molecular complexity index is 208. The van der Waals surface area contributed by atoms with Gasteiger partial charge in [-0.3, -0.25) is 4.79 Å². The van der Waals surface area contributed by atoms with E-state index in [4.69, 9.17) is 10.5 Å². The van der Waals surface area contributed by atoms with Crippen LogP contribution in [0.2, 0.25) is 0 Å². The summed E-state index contributed by atoms with van der Waals surface area (Å²) < 4.78 is 5.31. The second-order valence-electron chi connectivity index (χ2n) is 4.12. The van der Waals surface area contributed by atoms with E-state index in [9.17, 15) is 4.79 Å². The normalized spacial score (nSPS) is 32.5. The van der Waals surface area contributed by atoms with Crippen molar-refractivity contribution in [1.29, 1.82) is 0 Å². The highest BCUT2D eigenvalue weighted by Gasteiger charge is 2.35. The van der Waals surface area contributed by atoms with E-state index in [1.807, 2.05) is 4.90 Å². The van der Waals surface area contributed by atoms with Gasteiger partial charge in [-0.2, -0.15) is 0 Å². The zero-order valence-corrected chi connectivity index (χ0v) is 8.45. The maximum absolute atomic E-state index is 11.9. The first-order valence-corrected chi connectivity index (χ1v) is 5.41. The van der Waals surface area contributed by atoms with Crippen molar-refractivity contribution >= 4 is 5.91 Å². The van der Waals surface area contributed by atoms with Gasteiger partial charge in [-0.15, -0.1) is 0 Å². The van der Waals surface area contributed by atoms with E-state index in [0.29, 0.717) is 19.2 Å².